The predicted molar refractivity (Wildman–Crippen MR) is 56.8 cm³/mol. The van der Waals surface area contributed by atoms with E-state index in [1.807, 2.05) is 24.4 Å². The van der Waals surface area contributed by atoms with Crippen LogP contribution in [0.15, 0.2) is 24.4 Å². The summed E-state index contributed by atoms with van der Waals surface area (Å²) in [5.74, 6) is 1.63. The van der Waals surface area contributed by atoms with E-state index in [1.165, 1.54) is 0 Å². The van der Waals surface area contributed by atoms with E-state index in [-0.39, 0.29) is 0 Å². The number of piperidine rings is 1. The maximum Gasteiger partial charge on any atom is 0.160 e. The normalized spacial score (nSPS) is 18.4. The van der Waals surface area contributed by atoms with Gasteiger partial charge in [0, 0.05) is 25.2 Å². The molecule has 1 aliphatic heterocycles. The van der Waals surface area contributed by atoms with Gasteiger partial charge in [-0.1, -0.05) is 6.07 Å². The SMILES string of the molecule is c1ccn2c(C3CC[N]CC3)nnc2c1. The van der Waals surface area contributed by atoms with Crippen molar-refractivity contribution in [3.63, 3.8) is 0 Å². The summed E-state index contributed by atoms with van der Waals surface area (Å²) >= 11 is 0. The van der Waals surface area contributed by atoms with E-state index in [0.717, 1.165) is 37.4 Å². The summed E-state index contributed by atoms with van der Waals surface area (Å²) in [6, 6.07) is 6.00. The molecule has 0 aliphatic carbocycles. The van der Waals surface area contributed by atoms with E-state index in [9.17, 15) is 0 Å². The minimum Gasteiger partial charge on any atom is -0.286 e. The number of hydrogen-bond acceptors (Lipinski definition) is 2. The Bertz CT molecular complexity index is 456. The molecule has 0 amide bonds. The number of fused-ring (bicyclic) bond motifs is 1. The number of aromatic nitrogens is 3. The third kappa shape index (κ3) is 1.51. The average molecular weight is 201 g/mol. The van der Waals surface area contributed by atoms with Crippen LogP contribution in [-0.4, -0.2) is 27.7 Å². The second kappa shape index (κ2) is 3.62. The standard InChI is InChI=1S/C11H13N4/c1-2-8-15-10(3-1)13-14-11(15)9-4-6-12-7-5-9/h1-3,8-9H,4-7H2. The zero-order chi connectivity index (χ0) is 10.1. The van der Waals surface area contributed by atoms with E-state index in [0.29, 0.717) is 5.92 Å². The fourth-order valence-electron chi connectivity index (χ4n) is 2.15. The van der Waals surface area contributed by atoms with Crippen LogP contribution >= 0.6 is 0 Å². The predicted octanol–water partition coefficient (Wildman–Crippen LogP) is 1.21. The minimum absolute atomic E-state index is 0.528. The second-order valence-corrected chi connectivity index (χ2v) is 3.93. The summed E-state index contributed by atoms with van der Waals surface area (Å²) in [4.78, 5) is 0. The van der Waals surface area contributed by atoms with Crippen molar-refractivity contribution in [1.82, 2.24) is 19.9 Å². The summed E-state index contributed by atoms with van der Waals surface area (Å²) < 4.78 is 2.09. The van der Waals surface area contributed by atoms with Gasteiger partial charge in [0.05, 0.1) is 0 Å². The zero-order valence-corrected chi connectivity index (χ0v) is 8.50. The Labute approximate surface area is 88.3 Å². The first-order valence-electron chi connectivity index (χ1n) is 5.38. The van der Waals surface area contributed by atoms with Crippen LogP contribution in [0.1, 0.15) is 24.6 Å². The van der Waals surface area contributed by atoms with Gasteiger partial charge in [-0.2, -0.15) is 0 Å². The van der Waals surface area contributed by atoms with Gasteiger partial charge >= 0.3 is 0 Å². The topological polar surface area (TPSA) is 44.3 Å². The van der Waals surface area contributed by atoms with Crippen molar-refractivity contribution < 1.29 is 0 Å². The lowest BCUT2D eigenvalue weighted by Gasteiger charge is -2.19. The molecule has 4 heteroatoms. The van der Waals surface area contributed by atoms with Crippen LogP contribution in [0, 0.1) is 0 Å². The molecule has 2 aromatic rings. The van der Waals surface area contributed by atoms with Crippen molar-refractivity contribution in [3.8, 4) is 0 Å². The third-order valence-corrected chi connectivity index (χ3v) is 2.98. The van der Waals surface area contributed by atoms with Gasteiger partial charge in [-0.3, -0.25) is 4.40 Å². The number of pyridine rings is 1. The number of nitrogens with zero attached hydrogens (tertiary/aromatic N) is 4. The van der Waals surface area contributed by atoms with Crippen LogP contribution in [0.2, 0.25) is 0 Å². The Kier molecular flexibility index (Phi) is 2.14. The molecule has 77 valence electrons. The summed E-state index contributed by atoms with van der Waals surface area (Å²) in [7, 11) is 0. The Morgan fingerprint density at radius 1 is 1.13 bits per heavy atom. The zero-order valence-electron chi connectivity index (χ0n) is 8.50. The van der Waals surface area contributed by atoms with Crippen molar-refractivity contribution in [2.45, 2.75) is 18.8 Å². The maximum absolute atomic E-state index is 4.36. The van der Waals surface area contributed by atoms with Crippen molar-refractivity contribution in [3.05, 3.63) is 30.2 Å². The Hall–Kier alpha value is -1.42. The molecule has 0 unspecified atom stereocenters. The molecular weight excluding hydrogens is 188 g/mol. The monoisotopic (exact) mass is 201 g/mol. The van der Waals surface area contributed by atoms with E-state index in [1.54, 1.807) is 0 Å². The van der Waals surface area contributed by atoms with Gasteiger partial charge in [-0.05, 0) is 25.0 Å². The highest BCUT2D eigenvalue weighted by atomic mass is 15.2. The molecule has 0 bridgehead atoms. The lowest BCUT2D eigenvalue weighted by Crippen LogP contribution is -2.22. The smallest absolute Gasteiger partial charge is 0.160 e. The van der Waals surface area contributed by atoms with Gasteiger partial charge < -0.3 is 0 Å². The van der Waals surface area contributed by atoms with Crippen molar-refractivity contribution >= 4 is 5.65 Å². The molecule has 2 aromatic heterocycles. The lowest BCUT2D eigenvalue weighted by molar-refractivity contribution is 0.436. The van der Waals surface area contributed by atoms with Gasteiger partial charge in [0.25, 0.3) is 0 Å². The molecule has 1 aliphatic rings. The molecule has 1 radical (unpaired) electrons. The van der Waals surface area contributed by atoms with Crippen LogP contribution in [0.3, 0.4) is 0 Å². The van der Waals surface area contributed by atoms with Crippen LogP contribution < -0.4 is 5.32 Å². The van der Waals surface area contributed by atoms with Gasteiger partial charge in [0.15, 0.2) is 5.65 Å². The van der Waals surface area contributed by atoms with E-state index < -0.39 is 0 Å². The minimum atomic E-state index is 0.528. The van der Waals surface area contributed by atoms with Crippen LogP contribution in [-0.2, 0) is 0 Å². The molecule has 0 aromatic carbocycles. The molecule has 0 atom stereocenters. The van der Waals surface area contributed by atoms with Crippen LogP contribution in [0.5, 0.6) is 0 Å². The second-order valence-electron chi connectivity index (χ2n) is 3.93. The van der Waals surface area contributed by atoms with Crippen LogP contribution in [0.25, 0.3) is 5.65 Å². The van der Waals surface area contributed by atoms with Gasteiger partial charge in [-0.25, -0.2) is 5.32 Å². The Morgan fingerprint density at radius 3 is 2.87 bits per heavy atom. The number of hydrogen-bond donors (Lipinski definition) is 0. The fourth-order valence-corrected chi connectivity index (χ4v) is 2.15. The highest BCUT2D eigenvalue weighted by Crippen LogP contribution is 2.24. The fraction of sp³-hybridized carbons (Fsp3) is 0.455. The van der Waals surface area contributed by atoms with Gasteiger partial charge in [-0.15, -0.1) is 10.2 Å². The molecule has 15 heavy (non-hydrogen) atoms. The molecule has 1 saturated heterocycles. The molecule has 3 rings (SSSR count). The Balaban J connectivity index is 2.02. The first-order chi connectivity index (χ1) is 7.45. The third-order valence-electron chi connectivity index (χ3n) is 2.98. The molecule has 1 fully saturated rings. The summed E-state index contributed by atoms with van der Waals surface area (Å²) in [6.45, 7) is 1.93. The summed E-state index contributed by atoms with van der Waals surface area (Å²) in [5.41, 5.74) is 0.940. The van der Waals surface area contributed by atoms with Crippen molar-refractivity contribution in [1.29, 1.82) is 0 Å². The first-order valence-corrected chi connectivity index (χ1v) is 5.38. The van der Waals surface area contributed by atoms with Crippen molar-refractivity contribution in [2.24, 2.45) is 0 Å². The summed E-state index contributed by atoms with van der Waals surface area (Å²) in [6.07, 6.45) is 4.25. The maximum atomic E-state index is 4.36. The summed E-state index contributed by atoms with van der Waals surface area (Å²) in [5, 5.41) is 12.8. The lowest BCUT2D eigenvalue weighted by atomic mass is 9.97. The van der Waals surface area contributed by atoms with E-state index in [2.05, 4.69) is 19.9 Å². The molecule has 0 N–H and O–H groups in total. The highest BCUT2D eigenvalue weighted by Gasteiger charge is 2.20. The average Bonchev–Trinajstić information content (AvgIpc) is 2.74. The van der Waals surface area contributed by atoms with E-state index in [4.69, 9.17) is 0 Å². The molecular formula is C11H13N4. The van der Waals surface area contributed by atoms with Crippen molar-refractivity contribution in [2.75, 3.05) is 13.1 Å². The van der Waals surface area contributed by atoms with Crippen LogP contribution in [0.4, 0.5) is 0 Å². The highest BCUT2D eigenvalue weighted by molar-refractivity contribution is 5.37. The van der Waals surface area contributed by atoms with E-state index >= 15 is 0 Å². The molecule has 0 saturated carbocycles. The van der Waals surface area contributed by atoms with Gasteiger partial charge in [0.2, 0.25) is 0 Å². The molecule has 0 spiro atoms. The Morgan fingerprint density at radius 2 is 2.00 bits per heavy atom. The first kappa shape index (κ1) is 8.85. The largest absolute Gasteiger partial charge is 0.286 e. The molecule has 3 heterocycles. The van der Waals surface area contributed by atoms with Gasteiger partial charge in [0.1, 0.15) is 5.82 Å². The quantitative estimate of drug-likeness (QED) is 0.696. The number of rotatable bonds is 1. The molecule has 4 nitrogen and oxygen atoms in total.